The van der Waals surface area contributed by atoms with Crippen molar-refractivity contribution in [3.8, 4) is 56.4 Å². The number of hydrogen-bond acceptors (Lipinski definition) is 5. The zero-order valence-electron chi connectivity index (χ0n) is 28.9. The molecule has 0 N–H and O–H groups in total. The van der Waals surface area contributed by atoms with Gasteiger partial charge in [0.2, 0.25) is 0 Å². The number of fused-ring (bicyclic) bond motifs is 8. The van der Waals surface area contributed by atoms with Crippen LogP contribution in [0.15, 0.2) is 185 Å². The Bertz CT molecular complexity index is 3220. The van der Waals surface area contributed by atoms with Gasteiger partial charge in [-0.2, -0.15) is 0 Å². The second kappa shape index (κ2) is 12.1. The van der Waals surface area contributed by atoms with E-state index >= 15 is 0 Å². The Balaban J connectivity index is 1.20. The van der Waals surface area contributed by atoms with Crippen molar-refractivity contribution in [2.75, 3.05) is 0 Å². The Kier molecular flexibility index (Phi) is 6.79. The number of para-hydroxylation sites is 2. The summed E-state index contributed by atoms with van der Waals surface area (Å²) in [6.07, 6.45) is 0. The first kappa shape index (κ1) is 30.3. The minimum absolute atomic E-state index is 0.528. The third-order valence-corrected chi connectivity index (χ3v) is 10.4. The molecule has 0 atom stereocenters. The third-order valence-electron chi connectivity index (χ3n) is 10.4. The largest absolute Gasteiger partial charge is 0.456 e. The number of rotatable bonds is 5. The first-order valence-electron chi connectivity index (χ1n) is 18.0. The summed E-state index contributed by atoms with van der Waals surface area (Å²) in [6, 6.07) is 60.3. The van der Waals surface area contributed by atoms with Gasteiger partial charge in [0.1, 0.15) is 22.3 Å². The average Bonchev–Trinajstić information content (AvgIpc) is 3.83. The van der Waals surface area contributed by atoms with E-state index in [9.17, 15) is 0 Å². The standard InChI is InChI=1S/C49H29N3O2/c1-3-15-30(16-4-1)32-19-7-10-22-36(32)47-50-48(38-25-14-28-43-44(38)37-23-11-12-27-42(37)53-43)52-49(51-47)39-26-13-24-35-41-29-40(31-17-5-2-6-18-31)33-20-8-9-21-34(33)46(41)54-45(35)39/h1-29H. The fourth-order valence-corrected chi connectivity index (χ4v) is 7.90. The summed E-state index contributed by atoms with van der Waals surface area (Å²) in [4.78, 5) is 15.8. The van der Waals surface area contributed by atoms with E-state index in [4.69, 9.17) is 23.8 Å². The lowest BCUT2D eigenvalue weighted by atomic mass is 9.95. The molecule has 0 amide bonds. The zero-order chi connectivity index (χ0) is 35.6. The quantitative estimate of drug-likeness (QED) is 0.180. The van der Waals surface area contributed by atoms with E-state index in [1.54, 1.807) is 0 Å². The van der Waals surface area contributed by atoms with E-state index in [2.05, 4.69) is 127 Å². The molecule has 5 heteroatoms. The summed E-state index contributed by atoms with van der Waals surface area (Å²) in [6.45, 7) is 0. The maximum atomic E-state index is 6.93. The molecule has 0 aliphatic rings. The van der Waals surface area contributed by atoms with Crippen LogP contribution >= 0.6 is 0 Å². The van der Waals surface area contributed by atoms with Gasteiger partial charge in [-0.1, -0.05) is 152 Å². The number of nitrogens with zero attached hydrogens (tertiary/aromatic N) is 3. The van der Waals surface area contributed by atoms with Crippen molar-refractivity contribution in [3.63, 3.8) is 0 Å². The number of aromatic nitrogens is 3. The van der Waals surface area contributed by atoms with Gasteiger partial charge < -0.3 is 8.83 Å². The van der Waals surface area contributed by atoms with Crippen molar-refractivity contribution in [1.29, 1.82) is 0 Å². The molecule has 3 aromatic heterocycles. The second-order valence-corrected chi connectivity index (χ2v) is 13.5. The minimum Gasteiger partial charge on any atom is -0.456 e. The van der Waals surface area contributed by atoms with Crippen LogP contribution in [0, 0.1) is 0 Å². The lowest BCUT2D eigenvalue weighted by Crippen LogP contribution is -2.01. The molecule has 5 nitrogen and oxygen atoms in total. The minimum atomic E-state index is 0.528. The van der Waals surface area contributed by atoms with Crippen LogP contribution in [-0.4, -0.2) is 15.0 Å². The first-order chi connectivity index (χ1) is 26.8. The van der Waals surface area contributed by atoms with Crippen LogP contribution < -0.4 is 0 Å². The maximum Gasteiger partial charge on any atom is 0.167 e. The highest BCUT2D eigenvalue weighted by Gasteiger charge is 2.22. The summed E-state index contributed by atoms with van der Waals surface area (Å²) in [5.74, 6) is 1.66. The first-order valence-corrected chi connectivity index (χ1v) is 18.0. The van der Waals surface area contributed by atoms with Crippen molar-refractivity contribution in [1.82, 2.24) is 15.0 Å². The average molecular weight is 692 g/mol. The van der Waals surface area contributed by atoms with Crippen molar-refractivity contribution in [2.24, 2.45) is 0 Å². The van der Waals surface area contributed by atoms with Crippen LogP contribution in [0.25, 0.3) is 111 Å². The molecule has 54 heavy (non-hydrogen) atoms. The highest BCUT2D eigenvalue weighted by Crippen LogP contribution is 2.43. The van der Waals surface area contributed by atoms with E-state index in [1.165, 1.54) is 0 Å². The van der Waals surface area contributed by atoms with Crippen LogP contribution in [0.5, 0.6) is 0 Å². The Hall–Kier alpha value is -7.37. The zero-order valence-corrected chi connectivity index (χ0v) is 28.9. The van der Waals surface area contributed by atoms with E-state index in [0.717, 1.165) is 93.6 Å². The topological polar surface area (TPSA) is 65.0 Å². The van der Waals surface area contributed by atoms with Crippen LogP contribution in [0.1, 0.15) is 0 Å². The van der Waals surface area contributed by atoms with Crippen LogP contribution in [0.4, 0.5) is 0 Å². The fourth-order valence-electron chi connectivity index (χ4n) is 7.90. The highest BCUT2D eigenvalue weighted by molar-refractivity contribution is 6.20. The molecular weight excluding hydrogens is 663 g/mol. The van der Waals surface area contributed by atoms with Crippen LogP contribution in [0.2, 0.25) is 0 Å². The van der Waals surface area contributed by atoms with E-state index < -0.39 is 0 Å². The van der Waals surface area contributed by atoms with Gasteiger partial charge in [-0.05, 0) is 51.9 Å². The van der Waals surface area contributed by atoms with Gasteiger partial charge in [0.15, 0.2) is 17.5 Å². The van der Waals surface area contributed by atoms with Crippen LogP contribution in [0.3, 0.4) is 0 Å². The summed E-state index contributed by atoms with van der Waals surface area (Å²) < 4.78 is 13.2. The van der Waals surface area contributed by atoms with Crippen molar-refractivity contribution in [3.05, 3.63) is 176 Å². The lowest BCUT2D eigenvalue weighted by Gasteiger charge is -2.12. The molecule has 0 saturated heterocycles. The van der Waals surface area contributed by atoms with Gasteiger partial charge in [-0.25, -0.2) is 15.0 Å². The fraction of sp³-hybridized carbons (Fsp3) is 0. The molecule has 0 aliphatic heterocycles. The van der Waals surface area contributed by atoms with Gasteiger partial charge in [0, 0.05) is 38.1 Å². The SMILES string of the molecule is c1ccc(-c2ccccc2-c2nc(-c3cccc4c3oc3c5ccccc5c(-c5ccccc5)cc43)nc(-c3cccc4oc5ccccc5c34)n2)cc1. The second-order valence-electron chi connectivity index (χ2n) is 13.5. The third kappa shape index (κ3) is 4.76. The van der Waals surface area contributed by atoms with Crippen LogP contribution in [-0.2, 0) is 0 Å². The van der Waals surface area contributed by atoms with Crippen molar-refractivity contribution >= 4 is 54.6 Å². The Morgan fingerprint density at radius 3 is 1.57 bits per heavy atom. The number of benzene rings is 8. The summed E-state index contributed by atoms with van der Waals surface area (Å²) in [5, 5.41) is 6.22. The van der Waals surface area contributed by atoms with E-state index in [0.29, 0.717) is 17.5 Å². The predicted molar refractivity (Wildman–Crippen MR) is 219 cm³/mol. The molecule has 11 rings (SSSR count). The molecule has 3 heterocycles. The molecule has 0 fully saturated rings. The molecule has 0 radical (unpaired) electrons. The van der Waals surface area contributed by atoms with E-state index in [-0.39, 0.29) is 0 Å². The van der Waals surface area contributed by atoms with Crippen molar-refractivity contribution < 1.29 is 8.83 Å². The van der Waals surface area contributed by atoms with E-state index in [1.807, 2.05) is 48.5 Å². The normalized spacial score (nSPS) is 11.7. The van der Waals surface area contributed by atoms with Gasteiger partial charge in [-0.3, -0.25) is 0 Å². The molecule has 11 aromatic rings. The molecule has 0 bridgehead atoms. The summed E-state index contributed by atoms with van der Waals surface area (Å²) in [7, 11) is 0. The summed E-state index contributed by atoms with van der Waals surface area (Å²) >= 11 is 0. The Morgan fingerprint density at radius 1 is 0.296 bits per heavy atom. The van der Waals surface area contributed by atoms with Gasteiger partial charge in [0.25, 0.3) is 0 Å². The number of hydrogen-bond donors (Lipinski definition) is 0. The maximum absolute atomic E-state index is 6.93. The molecule has 0 spiro atoms. The Morgan fingerprint density at radius 2 is 0.796 bits per heavy atom. The number of furan rings is 2. The highest BCUT2D eigenvalue weighted by atomic mass is 16.3. The summed E-state index contributed by atoms with van der Waals surface area (Å²) in [5.41, 5.74) is 10.2. The smallest absolute Gasteiger partial charge is 0.167 e. The molecular formula is C49H29N3O2. The molecule has 0 unspecified atom stereocenters. The molecule has 0 saturated carbocycles. The van der Waals surface area contributed by atoms with Gasteiger partial charge in [-0.15, -0.1) is 0 Å². The monoisotopic (exact) mass is 691 g/mol. The van der Waals surface area contributed by atoms with Gasteiger partial charge in [0.05, 0.1) is 5.56 Å². The Labute approximate surface area is 309 Å². The predicted octanol–water partition coefficient (Wildman–Crippen LogP) is 13.2. The lowest BCUT2D eigenvalue weighted by molar-refractivity contribution is 0.669. The molecule has 8 aromatic carbocycles. The van der Waals surface area contributed by atoms with Crippen molar-refractivity contribution in [2.45, 2.75) is 0 Å². The van der Waals surface area contributed by atoms with Gasteiger partial charge >= 0.3 is 0 Å². The molecule has 252 valence electrons. The molecule has 0 aliphatic carbocycles.